The third-order valence-corrected chi connectivity index (χ3v) is 2.50. The van der Waals surface area contributed by atoms with Gasteiger partial charge in [0.1, 0.15) is 0 Å². The molecule has 0 aromatic heterocycles. The number of aliphatic hydroxyl groups is 1. The molecule has 0 amide bonds. The molecule has 0 aliphatic rings. The Kier molecular flexibility index (Phi) is 7.20. The second-order valence-corrected chi connectivity index (χ2v) is 5.81. The predicted octanol–water partition coefficient (Wildman–Crippen LogP) is 1.71. The van der Waals surface area contributed by atoms with Gasteiger partial charge in [0, 0.05) is 19.1 Å². The molecule has 0 heterocycles. The van der Waals surface area contributed by atoms with Gasteiger partial charge in [-0.3, -0.25) is 0 Å². The lowest BCUT2D eigenvalue weighted by Crippen LogP contribution is -2.42. The Labute approximate surface area is 101 Å². The molecule has 0 saturated carbocycles. The zero-order valence-corrected chi connectivity index (χ0v) is 11.9. The molecule has 0 aliphatic heterocycles. The Morgan fingerprint density at radius 2 is 1.81 bits per heavy atom. The van der Waals surface area contributed by atoms with Gasteiger partial charge in [-0.2, -0.15) is 0 Å². The minimum Gasteiger partial charge on any atom is -0.389 e. The highest BCUT2D eigenvalue weighted by Crippen LogP contribution is 2.07. The van der Waals surface area contributed by atoms with Crippen LogP contribution in [0.1, 0.15) is 41.5 Å². The smallest absolute Gasteiger partial charge is 0.0718 e. The fourth-order valence-corrected chi connectivity index (χ4v) is 1.79. The van der Waals surface area contributed by atoms with Crippen molar-refractivity contribution in [2.75, 3.05) is 26.2 Å². The first-order chi connectivity index (χ1) is 7.24. The van der Waals surface area contributed by atoms with Gasteiger partial charge in [-0.15, -0.1) is 0 Å². The van der Waals surface area contributed by atoms with E-state index in [9.17, 15) is 5.11 Å². The van der Waals surface area contributed by atoms with Crippen molar-refractivity contribution in [1.82, 2.24) is 10.2 Å². The molecule has 0 aliphatic carbocycles. The maximum absolute atomic E-state index is 9.79. The Bertz CT molecular complexity index is 175. The molecular formula is C13H30N2O. The van der Waals surface area contributed by atoms with Crippen LogP contribution in [0.15, 0.2) is 0 Å². The summed E-state index contributed by atoms with van der Waals surface area (Å²) >= 11 is 0. The highest BCUT2D eigenvalue weighted by molar-refractivity contribution is 4.73. The van der Waals surface area contributed by atoms with Crippen LogP contribution in [0.25, 0.3) is 0 Å². The molecule has 0 radical (unpaired) electrons. The number of likely N-dealkylation sites (N-methyl/N-ethyl adjacent to an activating group) is 1. The van der Waals surface area contributed by atoms with Crippen molar-refractivity contribution in [2.45, 2.75) is 53.2 Å². The summed E-state index contributed by atoms with van der Waals surface area (Å²) in [6, 6.07) is 0.548. The molecule has 0 fully saturated rings. The number of rotatable bonds is 8. The Morgan fingerprint density at radius 1 is 1.25 bits per heavy atom. The van der Waals surface area contributed by atoms with E-state index in [1.807, 2.05) is 13.8 Å². The van der Waals surface area contributed by atoms with Gasteiger partial charge in [0.05, 0.1) is 5.60 Å². The first-order valence-corrected chi connectivity index (χ1v) is 6.42. The van der Waals surface area contributed by atoms with Crippen LogP contribution < -0.4 is 5.32 Å². The Hall–Kier alpha value is -0.120. The SMILES string of the molecule is CCN(CC(C)CNC(C)C)CC(C)(C)O. The minimum atomic E-state index is -0.596. The lowest BCUT2D eigenvalue weighted by atomic mass is 10.1. The molecule has 0 spiro atoms. The summed E-state index contributed by atoms with van der Waals surface area (Å²) in [6.07, 6.45) is 0. The molecule has 1 unspecified atom stereocenters. The molecule has 16 heavy (non-hydrogen) atoms. The average molecular weight is 230 g/mol. The molecule has 3 heteroatoms. The van der Waals surface area contributed by atoms with Gasteiger partial charge in [0.2, 0.25) is 0 Å². The van der Waals surface area contributed by atoms with E-state index < -0.39 is 5.60 Å². The Morgan fingerprint density at radius 3 is 2.19 bits per heavy atom. The van der Waals surface area contributed by atoms with Crippen molar-refractivity contribution in [3.8, 4) is 0 Å². The van der Waals surface area contributed by atoms with E-state index in [0.717, 1.165) is 26.2 Å². The second-order valence-electron chi connectivity index (χ2n) is 5.81. The summed E-state index contributed by atoms with van der Waals surface area (Å²) < 4.78 is 0. The lowest BCUT2D eigenvalue weighted by molar-refractivity contribution is 0.0336. The molecule has 1 atom stereocenters. The van der Waals surface area contributed by atoms with Crippen molar-refractivity contribution >= 4 is 0 Å². The summed E-state index contributed by atoms with van der Waals surface area (Å²) in [7, 11) is 0. The van der Waals surface area contributed by atoms with Crippen LogP contribution in [0.3, 0.4) is 0 Å². The van der Waals surface area contributed by atoms with Crippen molar-refractivity contribution in [2.24, 2.45) is 5.92 Å². The van der Waals surface area contributed by atoms with Crippen molar-refractivity contribution in [3.05, 3.63) is 0 Å². The maximum Gasteiger partial charge on any atom is 0.0718 e. The van der Waals surface area contributed by atoms with E-state index in [4.69, 9.17) is 0 Å². The summed E-state index contributed by atoms with van der Waals surface area (Å²) in [5.74, 6) is 0.615. The molecule has 3 nitrogen and oxygen atoms in total. The average Bonchev–Trinajstić information content (AvgIpc) is 2.11. The van der Waals surface area contributed by atoms with E-state index >= 15 is 0 Å². The first kappa shape index (κ1) is 15.9. The third kappa shape index (κ3) is 9.13. The quantitative estimate of drug-likeness (QED) is 0.666. The summed E-state index contributed by atoms with van der Waals surface area (Å²) in [5, 5.41) is 13.2. The van der Waals surface area contributed by atoms with E-state index in [1.54, 1.807) is 0 Å². The van der Waals surface area contributed by atoms with Crippen LogP contribution in [0.4, 0.5) is 0 Å². The molecule has 0 aromatic carbocycles. The molecule has 98 valence electrons. The van der Waals surface area contributed by atoms with Gasteiger partial charge in [0.25, 0.3) is 0 Å². The van der Waals surface area contributed by atoms with Crippen LogP contribution in [0, 0.1) is 5.92 Å². The Balaban J connectivity index is 3.92. The highest BCUT2D eigenvalue weighted by atomic mass is 16.3. The second kappa shape index (κ2) is 7.25. The third-order valence-electron chi connectivity index (χ3n) is 2.50. The number of nitrogens with zero attached hydrogens (tertiary/aromatic N) is 1. The van der Waals surface area contributed by atoms with Gasteiger partial charge in [-0.25, -0.2) is 0 Å². The number of nitrogens with one attached hydrogen (secondary N) is 1. The fraction of sp³-hybridized carbons (Fsp3) is 1.00. The monoisotopic (exact) mass is 230 g/mol. The van der Waals surface area contributed by atoms with E-state index in [-0.39, 0.29) is 0 Å². The van der Waals surface area contributed by atoms with Crippen molar-refractivity contribution < 1.29 is 5.11 Å². The maximum atomic E-state index is 9.79. The minimum absolute atomic E-state index is 0.548. The largest absolute Gasteiger partial charge is 0.389 e. The molecule has 2 N–H and O–H groups in total. The van der Waals surface area contributed by atoms with E-state index in [1.165, 1.54) is 0 Å². The fourth-order valence-electron chi connectivity index (χ4n) is 1.79. The number of hydrogen-bond donors (Lipinski definition) is 2. The van der Waals surface area contributed by atoms with Gasteiger partial charge in [-0.05, 0) is 32.9 Å². The van der Waals surface area contributed by atoms with Crippen LogP contribution >= 0.6 is 0 Å². The molecule has 0 bridgehead atoms. The van der Waals surface area contributed by atoms with E-state index in [2.05, 4.69) is 37.9 Å². The van der Waals surface area contributed by atoms with Crippen molar-refractivity contribution in [3.63, 3.8) is 0 Å². The first-order valence-electron chi connectivity index (χ1n) is 6.42. The van der Waals surface area contributed by atoms with Gasteiger partial charge in [-0.1, -0.05) is 27.7 Å². The molecule has 0 saturated heterocycles. The van der Waals surface area contributed by atoms with Crippen molar-refractivity contribution in [1.29, 1.82) is 0 Å². The summed E-state index contributed by atoms with van der Waals surface area (Å²) in [5.41, 5.74) is -0.596. The molecule has 0 rings (SSSR count). The van der Waals surface area contributed by atoms with Crippen LogP contribution in [0.5, 0.6) is 0 Å². The van der Waals surface area contributed by atoms with Crippen LogP contribution in [-0.2, 0) is 0 Å². The predicted molar refractivity (Wildman–Crippen MR) is 70.7 cm³/mol. The van der Waals surface area contributed by atoms with Gasteiger partial charge in [0.15, 0.2) is 0 Å². The van der Waals surface area contributed by atoms with Gasteiger partial charge >= 0.3 is 0 Å². The normalized spacial score (nSPS) is 14.8. The van der Waals surface area contributed by atoms with Crippen LogP contribution in [-0.4, -0.2) is 47.8 Å². The zero-order chi connectivity index (χ0) is 12.8. The lowest BCUT2D eigenvalue weighted by Gasteiger charge is -2.30. The zero-order valence-electron chi connectivity index (χ0n) is 11.9. The highest BCUT2D eigenvalue weighted by Gasteiger charge is 2.18. The van der Waals surface area contributed by atoms with Crippen LogP contribution in [0.2, 0.25) is 0 Å². The standard InChI is InChI=1S/C13H30N2O/c1-7-15(10-13(5,6)16)9-12(4)8-14-11(2)3/h11-12,14,16H,7-10H2,1-6H3. The summed E-state index contributed by atoms with van der Waals surface area (Å²) in [6.45, 7) is 16.3. The van der Waals surface area contributed by atoms with Gasteiger partial charge < -0.3 is 15.3 Å². The topological polar surface area (TPSA) is 35.5 Å². The van der Waals surface area contributed by atoms with E-state index in [0.29, 0.717) is 12.0 Å². The molecule has 0 aromatic rings. The summed E-state index contributed by atoms with van der Waals surface area (Å²) in [4.78, 5) is 2.31. The number of hydrogen-bond acceptors (Lipinski definition) is 3. The molecular weight excluding hydrogens is 200 g/mol.